The van der Waals surface area contributed by atoms with Gasteiger partial charge >= 0.3 is 0 Å². The normalized spacial score (nSPS) is 16.8. The van der Waals surface area contributed by atoms with Crippen LogP contribution in [0, 0.1) is 0 Å². The number of nitrogens with zero attached hydrogens (tertiary/aromatic N) is 4. The minimum atomic E-state index is -3.59. The number of benzene rings is 2. The van der Waals surface area contributed by atoms with Crippen LogP contribution in [0.4, 0.5) is 5.13 Å². The van der Waals surface area contributed by atoms with Crippen molar-refractivity contribution in [2.45, 2.75) is 43.5 Å². The first-order chi connectivity index (χ1) is 16.7. The number of likely N-dealkylation sites (N-methyl/N-ethyl adjacent to an activating group) is 1. The van der Waals surface area contributed by atoms with Gasteiger partial charge < -0.3 is 4.90 Å². The maximum Gasteiger partial charge on any atom is 0.260 e. The highest BCUT2D eigenvalue weighted by Gasteiger charge is 2.32. The predicted octanol–water partition coefficient (Wildman–Crippen LogP) is 5.64. The Morgan fingerprint density at radius 3 is 2.53 bits per heavy atom. The Bertz CT molecular complexity index is 1300. The topological polar surface area (TPSA) is 73.8 Å². The van der Waals surface area contributed by atoms with E-state index in [1.165, 1.54) is 11.3 Å². The molecule has 2 aromatic carbocycles. The quantitative estimate of drug-likeness (QED) is 0.328. The molecule has 1 aromatic heterocycles. The van der Waals surface area contributed by atoms with Crippen LogP contribution in [0.2, 0.25) is 0 Å². The molecule has 1 aliphatic rings. The van der Waals surface area contributed by atoms with Gasteiger partial charge in [0.2, 0.25) is 10.0 Å². The summed E-state index contributed by atoms with van der Waals surface area (Å²) < 4.78 is 30.2. The van der Waals surface area contributed by atoms with Gasteiger partial charge in [0.15, 0.2) is 5.13 Å². The molecule has 4 rings (SSSR count). The van der Waals surface area contributed by atoms with Crippen LogP contribution in [-0.2, 0) is 10.0 Å². The van der Waals surface area contributed by atoms with Crippen molar-refractivity contribution in [3.8, 4) is 0 Å². The minimum absolute atomic E-state index is 0. The number of piperidine rings is 1. The first-order valence-electron chi connectivity index (χ1n) is 11.9. The fourth-order valence-electron chi connectivity index (χ4n) is 4.34. The summed E-state index contributed by atoms with van der Waals surface area (Å²) in [6.45, 7) is 3.72. The highest BCUT2D eigenvalue weighted by atomic mass is 79.9. The molecule has 196 valence electrons. The standard InChI is InChI=1S/C25H31BrN4O3S2.ClH/c1-4-20-7-5-6-14-30(20)35(32,33)21-11-8-18(9-12-21)24(31)29(16-15-28(2)3)25-27-22-13-10-19(26)17-23(22)34-25;/h8-13,17,20H,4-7,14-16H2,1-3H3;1H. The van der Waals surface area contributed by atoms with Crippen molar-refractivity contribution >= 4 is 71.0 Å². The van der Waals surface area contributed by atoms with E-state index in [1.54, 1.807) is 33.5 Å². The molecule has 3 aromatic rings. The Hall–Kier alpha value is -1.56. The summed E-state index contributed by atoms with van der Waals surface area (Å²) in [5.74, 6) is -0.196. The van der Waals surface area contributed by atoms with Gasteiger partial charge in [0.25, 0.3) is 5.91 Å². The van der Waals surface area contributed by atoms with Gasteiger partial charge in [-0.3, -0.25) is 9.69 Å². The van der Waals surface area contributed by atoms with Crippen LogP contribution in [0.15, 0.2) is 51.8 Å². The predicted molar refractivity (Wildman–Crippen MR) is 153 cm³/mol. The third kappa shape index (κ3) is 6.28. The first kappa shape index (κ1) is 29.0. The lowest BCUT2D eigenvalue weighted by molar-refractivity contribution is 0.0985. The van der Waals surface area contributed by atoms with Crippen molar-refractivity contribution in [1.82, 2.24) is 14.2 Å². The van der Waals surface area contributed by atoms with Gasteiger partial charge in [0.05, 0.1) is 15.1 Å². The van der Waals surface area contributed by atoms with E-state index in [-0.39, 0.29) is 29.3 Å². The van der Waals surface area contributed by atoms with E-state index in [9.17, 15) is 13.2 Å². The maximum atomic E-state index is 13.6. The lowest BCUT2D eigenvalue weighted by Crippen LogP contribution is -2.43. The van der Waals surface area contributed by atoms with Gasteiger partial charge in [0.1, 0.15) is 0 Å². The van der Waals surface area contributed by atoms with E-state index in [0.717, 1.165) is 40.4 Å². The van der Waals surface area contributed by atoms with Crippen LogP contribution < -0.4 is 4.90 Å². The smallest absolute Gasteiger partial charge is 0.260 e. The Kier molecular flexibility index (Phi) is 9.93. The molecular formula is C25H32BrClN4O3S2. The number of halogens is 2. The number of fused-ring (bicyclic) bond motifs is 1. The number of anilines is 1. The monoisotopic (exact) mass is 614 g/mol. The molecule has 1 unspecified atom stereocenters. The highest BCUT2D eigenvalue weighted by molar-refractivity contribution is 9.10. The molecule has 0 N–H and O–H groups in total. The largest absolute Gasteiger partial charge is 0.308 e. The summed E-state index contributed by atoms with van der Waals surface area (Å²) in [5.41, 5.74) is 1.28. The average molecular weight is 616 g/mol. The molecule has 1 amide bonds. The third-order valence-corrected chi connectivity index (χ3v) is 9.84. The molecule has 0 spiro atoms. The van der Waals surface area contributed by atoms with Crippen molar-refractivity contribution in [3.63, 3.8) is 0 Å². The van der Waals surface area contributed by atoms with Gasteiger partial charge in [-0.05, 0) is 75.8 Å². The van der Waals surface area contributed by atoms with Crippen LogP contribution in [0.5, 0.6) is 0 Å². The number of hydrogen-bond acceptors (Lipinski definition) is 6. The molecule has 2 heterocycles. The number of aromatic nitrogens is 1. The molecule has 0 aliphatic carbocycles. The zero-order chi connectivity index (χ0) is 25.2. The molecule has 36 heavy (non-hydrogen) atoms. The number of carbonyl (C=O) groups is 1. The number of sulfonamides is 1. The number of hydrogen-bond donors (Lipinski definition) is 0. The molecule has 1 atom stereocenters. The van der Waals surface area contributed by atoms with E-state index >= 15 is 0 Å². The zero-order valence-corrected chi connectivity index (χ0v) is 24.7. The van der Waals surface area contributed by atoms with Gasteiger partial charge in [-0.2, -0.15) is 4.31 Å². The van der Waals surface area contributed by atoms with Gasteiger partial charge in [-0.25, -0.2) is 13.4 Å². The Morgan fingerprint density at radius 2 is 1.86 bits per heavy atom. The number of amides is 1. The van der Waals surface area contributed by atoms with Gasteiger partial charge in [-0.1, -0.05) is 40.6 Å². The van der Waals surface area contributed by atoms with E-state index in [1.807, 2.05) is 44.1 Å². The fourth-order valence-corrected chi connectivity index (χ4v) is 7.65. The van der Waals surface area contributed by atoms with Crippen LogP contribution in [0.3, 0.4) is 0 Å². The third-order valence-electron chi connectivity index (χ3n) is 6.34. The lowest BCUT2D eigenvalue weighted by atomic mass is 10.0. The van der Waals surface area contributed by atoms with Crippen molar-refractivity contribution in [1.29, 1.82) is 0 Å². The second kappa shape index (κ2) is 12.3. The molecule has 11 heteroatoms. The summed E-state index contributed by atoms with van der Waals surface area (Å²) in [5, 5.41) is 0.626. The van der Waals surface area contributed by atoms with E-state index in [2.05, 4.69) is 15.9 Å². The lowest BCUT2D eigenvalue weighted by Gasteiger charge is -2.34. The Balaban J connectivity index is 0.00000361. The van der Waals surface area contributed by atoms with E-state index in [0.29, 0.717) is 30.3 Å². The minimum Gasteiger partial charge on any atom is -0.308 e. The highest BCUT2D eigenvalue weighted by Crippen LogP contribution is 2.32. The Morgan fingerprint density at radius 1 is 1.14 bits per heavy atom. The second-order valence-electron chi connectivity index (χ2n) is 9.07. The van der Waals surface area contributed by atoms with Crippen LogP contribution in [-0.4, -0.2) is 68.3 Å². The number of carbonyl (C=O) groups excluding carboxylic acids is 1. The van der Waals surface area contributed by atoms with Crippen molar-refractivity contribution < 1.29 is 13.2 Å². The summed E-state index contributed by atoms with van der Waals surface area (Å²) >= 11 is 4.96. The molecule has 1 saturated heterocycles. The fraction of sp³-hybridized carbons (Fsp3) is 0.440. The van der Waals surface area contributed by atoms with Gasteiger partial charge in [-0.15, -0.1) is 12.4 Å². The molecule has 7 nitrogen and oxygen atoms in total. The van der Waals surface area contributed by atoms with E-state index in [4.69, 9.17) is 4.98 Å². The SMILES string of the molecule is CCC1CCCCN1S(=O)(=O)c1ccc(C(=O)N(CCN(C)C)c2nc3ccc(Br)cc3s2)cc1.Cl. The molecule has 0 saturated carbocycles. The summed E-state index contributed by atoms with van der Waals surface area (Å²) in [6.07, 6.45) is 3.64. The van der Waals surface area contributed by atoms with Gasteiger partial charge in [0, 0.05) is 35.7 Å². The van der Waals surface area contributed by atoms with Crippen LogP contribution in [0.25, 0.3) is 10.2 Å². The Labute approximate surface area is 232 Å². The molecule has 0 bridgehead atoms. The molecular weight excluding hydrogens is 584 g/mol. The first-order valence-corrected chi connectivity index (χ1v) is 14.9. The molecule has 1 fully saturated rings. The molecule has 0 radical (unpaired) electrons. The number of rotatable bonds is 8. The number of thiazole rings is 1. The summed E-state index contributed by atoms with van der Waals surface area (Å²) in [7, 11) is 0.326. The summed E-state index contributed by atoms with van der Waals surface area (Å²) in [4.78, 5) is 22.2. The van der Waals surface area contributed by atoms with Crippen molar-refractivity contribution in [2.75, 3.05) is 38.6 Å². The van der Waals surface area contributed by atoms with Crippen molar-refractivity contribution in [3.05, 3.63) is 52.5 Å². The molecule has 1 aliphatic heterocycles. The van der Waals surface area contributed by atoms with Crippen LogP contribution in [0.1, 0.15) is 43.0 Å². The maximum absolute atomic E-state index is 13.6. The van der Waals surface area contributed by atoms with E-state index < -0.39 is 10.0 Å². The van der Waals surface area contributed by atoms with Crippen molar-refractivity contribution in [2.24, 2.45) is 0 Å². The second-order valence-corrected chi connectivity index (χ2v) is 12.9. The van der Waals surface area contributed by atoms with Crippen LogP contribution >= 0.6 is 39.7 Å². The average Bonchev–Trinajstić information content (AvgIpc) is 3.26. The summed E-state index contributed by atoms with van der Waals surface area (Å²) in [6, 6.07) is 12.2. The zero-order valence-electron chi connectivity index (χ0n) is 20.7.